The fourth-order valence-electron chi connectivity index (χ4n) is 7.10. The van der Waals surface area contributed by atoms with Gasteiger partial charge in [-0.25, -0.2) is 9.97 Å². The van der Waals surface area contributed by atoms with Crippen molar-refractivity contribution in [2.24, 2.45) is 0 Å². The van der Waals surface area contributed by atoms with E-state index >= 15 is 0 Å². The van der Waals surface area contributed by atoms with Gasteiger partial charge in [-0.2, -0.15) is 0 Å². The standard InChI is InChI=1S/C50H49N5O3S2/c1-3-28-54(48(57)31-37-16-10-6-11-17-37)34-46-51-32-43(59-46)40-24-20-38(21-25-40)39-22-26-41(27-23-39)44-33-52-47(60-44)35-55(29-4-2)50(58)49(42-18-12-7-13-19-42)53-45(56)30-36-14-8-5-9-15-36/h5-27,32-33,49H,3-4,28-31,34-35H2,1-2H3,(H,53,56)/t49-/m0/s1. The molecule has 1 atom stereocenters. The summed E-state index contributed by atoms with van der Waals surface area (Å²) in [6.07, 6.45) is 6.02. The van der Waals surface area contributed by atoms with Crippen LogP contribution in [0.2, 0.25) is 0 Å². The van der Waals surface area contributed by atoms with E-state index in [9.17, 15) is 14.4 Å². The molecule has 2 heterocycles. The van der Waals surface area contributed by atoms with Crippen molar-refractivity contribution in [2.45, 2.75) is 58.7 Å². The van der Waals surface area contributed by atoms with Gasteiger partial charge in [0.25, 0.3) is 0 Å². The third-order valence-corrected chi connectivity index (χ3v) is 12.2. The number of hydrogen-bond donors (Lipinski definition) is 1. The van der Waals surface area contributed by atoms with Crippen molar-refractivity contribution in [1.82, 2.24) is 25.1 Å². The SMILES string of the molecule is CCCN(Cc1ncc(-c2ccc(-c3ccc(-c4cnc(CN(CCC)C(=O)[C@@H](NC(=O)Cc5ccccc5)c5ccccc5)s4)cc3)cc2)s1)C(=O)Cc1ccccc1. The lowest BCUT2D eigenvalue weighted by molar-refractivity contribution is -0.137. The van der Waals surface area contributed by atoms with Crippen LogP contribution in [0, 0.1) is 0 Å². The first kappa shape index (κ1) is 41.9. The Hall–Kier alpha value is -6.23. The van der Waals surface area contributed by atoms with Crippen molar-refractivity contribution < 1.29 is 14.4 Å². The van der Waals surface area contributed by atoms with Crippen LogP contribution in [0.1, 0.15) is 59.4 Å². The highest BCUT2D eigenvalue weighted by Gasteiger charge is 2.28. The maximum Gasteiger partial charge on any atom is 0.250 e. The number of amides is 3. The van der Waals surface area contributed by atoms with Crippen molar-refractivity contribution in [2.75, 3.05) is 13.1 Å². The second-order valence-corrected chi connectivity index (χ2v) is 16.9. The molecule has 0 fully saturated rings. The quantitative estimate of drug-likeness (QED) is 0.0929. The van der Waals surface area contributed by atoms with E-state index in [0.29, 0.717) is 32.6 Å². The summed E-state index contributed by atoms with van der Waals surface area (Å²) in [5.74, 6) is -0.243. The summed E-state index contributed by atoms with van der Waals surface area (Å²) in [6, 6.07) is 45.1. The Bertz CT molecular complexity index is 2450. The van der Waals surface area contributed by atoms with E-state index in [2.05, 4.69) is 65.8 Å². The Balaban J connectivity index is 0.981. The molecule has 0 radical (unpaired) electrons. The molecule has 0 saturated carbocycles. The average Bonchev–Trinajstić information content (AvgIpc) is 3.96. The molecule has 304 valence electrons. The number of aromatic nitrogens is 2. The van der Waals surface area contributed by atoms with E-state index in [1.807, 2.05) is 115 Å². The van der Waals surface area contributed by atoms with Gasteiger partial charge in [-0.1, -0.05) is 153 Å². The van der Waals surface area contributed by atoms with Crippen molar-refractivity contribution >= 4 is 40.4 Å². The minimum Gasteiger partial charge on any atom is -0.340 e. The highest BCUT2D eigenvalue weighted by Crippen LogP contribution is 2.32. The Kier molecular flexibility index (Phi) is 14.4. The largest absolute Gasteiger partial charge is 0.340 e. The maximum atomic E-state index is 14.2. The number of rotatable bonds is 18. The third-order valence-electron chi connectivity index (χ3n) is 10.2. The third kappa shape index (κ3) is 11.1. The topological polar surface area (TPSA) is 95.5 Å². The smallest absolute Gasteiger partial charge is 0.250 e. The summed E-state index contributed by atoms with van der Waals surface area (Å²) in [7, 11) is 0. The highest BCUT2D eigenvalue weighted by atomic mass is 32.1. The van der Waals surface area contributed by atoms with Gasteiger partial charge >= 0.3 is 0 Å². The van der Waals surface area contributed by atoms with Gasteiger partial charge in [0.15, 0.2) is 0 Å². The molecule has 7 aromatic rings. The number of carbonyl (C=O) groups excluding carboxylic acids is 3. The van der Waals surface area contributed by atoms with Crippen LogP contribution >= 0.6 is 22.7 Å². The average molecular weight is 832 g/mol. The van der Waals surface area contributed by atoms with Gasteiger partial charge in [-0.05, 0) is 51.8 Å². The Morgan fingerprint density at radius 2 is 0.983 bits per heavy atom. The number of thiazole rings is 2. The fraction of sp³-hybridized carbons (Fsp3) is 0.220. The number of nitrogens with zero attached hydrogens (tertiary/aromatic N) is 4. The molecule has 1 N–H and O–H groups in total. The molecule has 60 heavy (non-hydrogen) atoms. The predicted molar refractivity (Wildman–Crippen MR) is 243 cm³/mol. The van der Waals surface area contributed by atoms with Crippen LogP contribution in [-0.4, -0.2) is 50.6 Å². The number of nitrogens with one attached hydrogen (secondary N) is 1. The van der Waals surface area contributed by atoms with Crippen LogP contribution in [0.15, 0.2) is 152 Å². The van der Waals surface area contributed by atoms with Crippen molar-refractivity contribution in [3.8, 4) is 32.0 Å². The van der Waals surface area contributed by atoms with Gasteiger partial charge in [0.1, 0.15) is 16.1 Å². The molecule has 3 amide bonds. The lowest BCUT2D eigenvalue weighted by atomic mass is 10.0. The van der Waals surface area contributed by atoms with Crippen LogP contribution in [0.25, 0.3) is 32.0 Å². The fourth-order valence-corrected chi connectivity index (χ4v) is 8.98. The van der Waals surface area contributed by atoms with Crippen molar-refractivity contribution in [3.63, 3.8) is 0 Å². The van der Waals surface area contributed by atoms with E-state index in [1.54, 1.807) is 27.6 Å². The van der Waals surface area contributed by atoms with E-state index in [0.717, 1.165) is 71.6 Å². The van der Waals surface area contributed by atoms with Crippen molar-refractivity contribution in [3.05, 3.63) is 179 Å². The van der Waals surface area contributed by atoms with Crippen molar-refractivity contribution in [1.29, 1.82) is 0 Å². The summed E-state index contributed by atoms with van der Waals surface area (Å²) in [5, 5.41) is 4.78. The molecule has 0 aliphatic rings. The highest BCUT2D eigenvalue weighted by molar-refractivity contribution is 7.15. The number of hydrogen-bond acceptors (Lipinski definition) is 7. The zero-order valence-electron chi connectivity index (χ0n) is 34.0. The zero-order valence-corrected chi connectivity index (χ0v) is 35.6. The van der Waals surface area contributed by atoms with E-state index < -0.39 is 6.04 Å². The van der Waals surface area contributed by atoms with Gasteiger partial charge in [0.2, 0.25) is 17.7 Å². The molecule has 0 aliphatic heterocycles. The van der Waals surface area contributed by atoms with Crippen LogP contribution in [-0.2, 0) is 40.3 Å². The first-order chi connectivity index (χ1) is 29.4. The Labute approximate surface area is 360 Å². The van der Waals surface area contributed by atoms with Crippen LogP contribution in [0.3, 0.4) is 0 Å². The lowest BCUT2D eigenvalue weighted by Crippen LogP contribution is -2.43. The molecular weight excluding hydrogens is 783 g/mol. The molecule has 0 spiro atoms. The number of benzene rings is 5. The second kappa shape index (κ2) is 20.6. The molecule has 0 aliphatic carbocycles. The monoisotopic (exact) mass is 831 g/mol. The first-order valence-corrected chi connectivity index (χ1v) is 22.1. The summed E-state index contributed by atoms with van der Waals surface area (Å²) in [4.78, 5) is 55.7. The van der Waals surface area contributed by atoms with Crippen LogP contribution < -0.4 is 5.32 Å². The molecule has 0 unspecified atom stereocenters. The molecule has 10 heteroatoms. The van der Waals surface area contributed by atoms with Gasteiger partial charge in [-0.15, -0.1) is 22.7 Å². The van der Waals surface area contributed by atoms with E-state index in [-0.39, 0.29) is 24.1 Å². The summed E-state index contributed by atoms with van der Waals surface area (Å²) >= 11 is 3.20. The van der Waals surface area contributed by atoms with E-state index in [1.165, 1.54) is 0 Å². The molecule has 2 aromatic heterocycles. The van der Waals surface area contributed by atoms with Crippen LogP contribution in [0.5, 0.6) is 0 Å². The first-order valence-electron chi connectivity index (χ1n) is 20.5. The Morgan fingerprint density at radius 1 is 0.550 bits per heavy atom. The molecule has 7 rings (SSSR count). The van der Waals surface area contributed by atoms with Crippen LogP contribution in [0.4, 0.5) is 0 Å². The molecular formula is C50H49N5O3S2. The second-order valence-electron chi connectivity index (χ2n) is 14.7. The Morgan fingerprint density at radius 3 is 1.48 bits per heavy atom. The van der Waals surface area contributed by atoms with Gasteiger partial charge in [0.05, 0.1) is 35.7 Å². The van der Waals surface area contributed by atoms with Gasteiger partial charge in [0, 0.05) is 25.5 Å². The van der Waals surface area contributed by atoms with Gasteiger partial charge in [-0.3, -0.25) is 14.4 Å². The van der Waals surface area contributed by atoms with Gasteiger partial charge < -0.3 is 15.1 Å². The summed E-state index contributed by atoms with van der Waals surface area (Å²) < 4.78 is 0. The molecule has 8 nitrogen and oxygen atoms in total. The minimum absolute atomic E-state index is 0.118. The predicted octanol–water partition coefficient (Wildman–Crippen LogP) is 10.4. The maximum absolute atomic E-state index is 14.2. The molecule has 0 bridgehead atoms. The molecule has 5 aromatic carbocycles. The normalized spacial score (nSPS) is 11.5. The summed E-state index contributed by atoms with van der Waals surface area (Å²) in [6.45, 7) is 6.24. The summed E-state index contributed by atoms with van der Waals surface area (Å²) in [5.41, 5.74) is 7.02. The molecule has 0 saturated heterocycles. The number of carbonyl (C=O) groups is 3. The minimum atomic E-state index is -0.807. The lowest BCUT2D eigenvalue weighted by Gasteiger charge is -2.27. The van der Waals surface area contributed by atoms with E-state index in [4.69, 9.17) is 4.98 Å². The zero-order chi connectivity index (χ0) is 41.7.